The van der Waals surface area contributed by atoms with Crippen LogP contribution < -0.4 is 15.6 Å². The van der Waals surface area contributed by atoms with Gasteiger partial charge in [0.05, 0.1) is 5.57 Å². The molecule has 0 aliphatic carbocycles. The first kappa shape index (κ1) is 23.6. The van der Waals surface area contributed by atoms with E-state index >= 15 is 0 Å². The minimum absolute atomic E-state index is 0.650. The first-order chi connectivity index (χ1) is 17.7. The maximum absolute atomic E-state index is 9.94. The normalized spacial score (nSPS) is 15.5. The molecular formula is C31H24N2OSSi. The van der Waals surface area contributed by atoms with Gasteiger partial charge in [0.2, 0.25) is 0 Å². The van der Waals surface area contributed by atoms with Gasteiger partial charge in [0, 0.05) is 4.91 Å². The monoisotopic (exact) mass is 500 g/mol. The van der Waals surface area contributed by atoms with Crippen molar-refractivity contribution in [2.24, 2.45) is 5.16 Å². The zero-order valence-electron chi connectivity index (χ0n) is 19.8. The predicted octanol–water partition coefficient (Wildman–Crippen LogP) is 5.53. The molecule has 0 unspecified atom stereocenters. The van der Waals surface area contributed by atoms with Gasteiger partial charge in [-0.05, 0) is 45.8 Å². The number of hydrogen-bond donors (Lipinski definition) is 0. The molecule has 1 aliphatic heterocycles. The second kappa shape index (κ2) is 10.7. The Kier molecular flexibility index (Phi) is 6.99. The van der Waals surface area contributed by atoms with Gasteiger partial charge in [-0.15, -0.1) is 0 Å². The summed E-state index contributed by atoms with van der Waals surface area (Å²) in [7, 11) is -2.94. The van der Waals surface area contributed by atoms with E-state index in [0.29, 0.717) is 5.57 Å². The number of benzene rings is 4. The Bertz CT molecular complexity index is 1390. The molecule has 4 aromatic rings. The molecule has 0 spiro atoms. The molecular weight excluding hydrogens is 477 g/mol. The Morgan fingerprint density at radius 3 is 1.72 bits per heavy atom. The summed E-state index contributed by atoms with van der Waals surface area (Å²) in [6, 6.07) is 41.4. The molecule has 3 nitrogen and oxygen atoms in total. The molecule has 0 atom stereocenters. The van der Waals surface area contributed by atoms with E-state index in [-0.39, 0.29) is 0 Å². The zero-order valence-corrected chi connectivity index (χ0v) is 21.7. The number of oxime groups is 1. The van der Waals surface area contributed by atoms with Crippen LogP contribution in [-0.4, -0.2) is 13.4 Å². The Morgan fingerprint density at radius 2 is 1.22 bits per heavy atom. The fraction of sp³-hybridized carbons (Fsp3) is 0.0323. The third kappa shape index (κ3) is 4.57. The summed E-state index contributed by atoms with van der Waals surface area (Å²) in [5.41, 5.74) is 2.66. The largest absolute Gasteiger partial charge is 0.437 e. The smallest absolute Gasteiger partial charge is 0.380 e. The summed E-state index contributed by atoms with van der Waals surface area (Å²) in [5, 5.41) is 18.7. The van der Waals surface area contributed by atoms with E-state index in [4.69, 9.17) is 9.68 Å². The highest BCUT2D eigenvalue weighted by Crippen LogP contribution is 2.35. The molecule has 4 aromatic carbocycles. The lowest BCUT2D eigenvalue weighted by Crippen LogP contribution is -2.68. The van der Waals surface area contributed by atoms with Gasteiger partial charge in [0.25, 0.3) is 0 Å². The molecule has 36 heavy (non-hydrogen) atoms. The van der Waals surface area contributed by atoms with E-state index < -0.39 is 8.32 Å². The molecule has 5 rings (SSSR count). The number of nitrogens with zero attached hydrogens (tertiary/aromatic N) is 2. The summed E-state index contributed by atoms with van der Waals surface area (Å²) < 4.78 is 6.71. The lowest BCUT2D eigenvalue weighted by molar-refractivity contribution is 0.351. The molecule has 0 saturated heterocycles. The molecule has 0 aromatic heterocycles. The quantitative estimate of drug-likeness (QED) is 0.151. The zero-order chi connectivity index (χ0) is 24.8. The van der Waals surface area contributed by atoms with Gasteiger partial charge in [-0.2, -0.15) is 5.26 Å². The van der Waals surface area contributed by atoms with Crippen molar-refractivity contribution in [1.29, 1.82) is 5.26 Å². The van der Waals surface area contributed by atoms with Crippen molar-refractivity contribution < 1.29 is 4.53 Å². The van der Waals surface area contributed by atoms with Crippen LogP contribution in [0.2, 0.25) is 0 Å². The topological polar surface area (TPSA) is 45.4 Å². The summed E-state index contributed by atoms with van der Waals surface area (Å²) in [5.74, 6) is 0. The first-order valence-corrected chi connectivity index (χ1v) is 14.4. The molecule has 1 heterocycles. The summed E-state index contributed by atoms with van der Waals surface area (Å²) in [6.45, 7) is 2.02. The molecule has 174 valence electrons. The fourth-order valence-electron chi connectivity index (χ4n) is 4.40. The van der Waals surface area contributed by atoms with Gasteiger partial charge in [0.1, 0.15) is 11.1 Å². The SMILES string of the molecule is Cc1ccccc1/C(C#N)=C1C=C/C(=N/O[Si](c2ccccc2)(c2ccccc2)c2ccccc2)S/1. The van der Waals surface area contributed by atoms with E-state index in [1.165, 1.54) is 11.8 Å². The molecule has 5 heteroatoms. The number of allylic oxidation sites excluding steroid dienone is 2. The number of rotatable bonds is 6. The van der Waals surface area contributed by atoms with Gasteiger partial charge in [-0.1, -0.05) is 132 Å². The van der Waals surface area contributed by atoms with Crippen LogP contribution in [-0.2, 0) is 4.53 Å². The number of nitriles is 1. The minimum Gasteiger partial charge on any atom is -0.437 e. The lowest BCUT2D eigenvalue weighted by Gasteiger charge is -2.30. The van der Waals surface area contributed by atoms with Crippen LogP contribution in [0, 0.1) is 18.3 Å². The van der Waals surface area contributed by atoms with Crippen molar-refractivity contribution in [1.82, 2.24) is 0 Å². The standard InChI is InChI=1S/C31H24N2OSSi/c1-24-13-11-12-20-28(24)29(23-32)30-21-22-31(35-30)33-34-36(25-14-5-2-6-15-25,26-16-7-3-8-17-26)27-18-9-4-10-19-27/h2-22H,1H3/b30-29-,33-31-. The van der Waals surface area contributed by atoms with Crippen LogP contribution in [0.1, 0.15) is 11.1 Å². The van der Waals surface area contributed by atoms with Crippen LogP contribution >= 0.6 is 11.8 Å². The molecule has 1 aliphatic rings. The van der Waals surface area contributed by atoms with Crippen molar-refractivity contribution in [2.45, 2.75) is 6.92 Å². The molecule has 0 amide bonds. The van der Waals surface area contributed by atoms with E-state index in [9.17, 15) is 5.26 Å². The molecule has 0 radical (unpaired) electrons. The molecule has 0 N–H and O–H groups in total. The summed E-state index contributed by atoms with van der Waals surface area (Å²) in [4.78, 5) is 0.876. The van der Waals surface area contributed by atoms with Gasteiger partial charge in [-0.25, -0.2) is 0 Å². The maximum Gasteiger partial charge on any atom is 0.380 e. The Hall–Kier alpha value is -4.11. The number of hydrogen-bond acceptors (Lipinski definition) is 4. The minimum atomic E-state index is -2.94. The summed E-state index contributed by atoms with van der Waals surface area (Å²) >= 11 is 1.47. The Morgan fingerprint density at radius 1 is 0.722 bits per heavy atom. The average Bonchev–Trinajstić information content (AvgIpc) is 3.41. The number of thioether (sulfide) groups is 1. The van der Waals surface area contributed by atoms with Gasteiger partial charge in [-0.3, -0.25) is 0 Å². The van der Waals surface area contributed by atoms with E-state index in [1.54, 1.807) is 0 Å². The maximum atomic E-state index is 9.94. The molecule has 0 saturated carbocycles. The fourth-order valence-corrected chi connectivity index (χ4v) is 8.84. The van der Waals surface area contributed by atoms with Gasteiger partial charge < -0.3 is 4.53 Å². The van der Waals surface area contributed by atoms with Crippen LogP contribution in [0.5, 0.6) is 0 Å². The lowest BCUT2D eigenvalue weighted by atomic mass is 10.0. The van der Waals surface area contributed by atoms with Gasteiger partial charge in [0.15, 0.2) is 0 Å². The number of aryl methyl sites for hydroxylation is 1. The van der Waals surface area contributed by atoms with Crippen LogP contribution in [0.15, 0.2) is 137 Å². The van der Waals surface area contributed by atoms with Crippen molar-refractivity contribution >= 4 is 46.3 Å². The Balaban J connectivity index is 1.58. The van der Waals surface area contributed by atoms with Crippen molar-refractivity contribution in [3.63, 3.8) is 0 Å². The van der Waals surface area contributed by atoms with E-state index in [0.717, 1.165) is 36.6 Å². The van der Waals surface area contributed by atoms with Crippen LogP contribution in [0.25, 0.3) is 5.57 Å². The summed E-state index contributed by atoms with van der Waals surface area (Å²) in [6.07, 6.45) is 3.88. The Labute approximate surface area is 217 Å². The highest BCUT2D eigenvalue weighted by molar-refractivity contribution is 8.18. The predicted molar refractivity (Wildman–Crippen MR) is 153 cm³/mol. The molecule has 0 bridgehead atoms. The van der Waals surface area contributed by atoms with Crippen molar-refractivity contribution in [3.05, 3.63) is 143 Å². The third-order valence-corrected chi connectivity index (χ3v) is 11.0. The average molecular weight is 501 g/mol. The highest BCUT2D eigenvalue weighted by atomic mass is 32.2. The third-order valence-electron chi connectivity index (χ3n) is 6.18. The molecule has 0 fully saturated rings. The van der Waals surface area contributed by atoms with Gasteiger partial charge >= 0.3 is 8.32 Å². The van der Waals surface area contributed by atoms with Crippen molar-refractivity contribution in [3.8, 4) is 6.07 Å². The highest BCUT2D eigenvalue weighted by Gasteiger charge is 2.45. The van der Waals surface area contributed by atoms with Crippen molar-refractivity contribution in [2.75, 3.05) is 0 Å². The van der Waals surface area contributed by atoms with E-state index in [1.807, 2.05) is 97.9 Å². The first-order valence-electron chi connectivity index (χ1n) is 11.7. The van der Waals surface area contributed by atoms with Crippen LogP contribution in [0.3, 0.4) is 0 Å². The van der Waals surface area contributed by atoms with Crippen LogP contribution in [0.4, 0.5) is 0 Å². The van der Waals surface area contributed by atoms with E-state index in [2.05, 4.69) is 42.5 Å². The second-order valence-electron chi connectivity index (χ2n) is 8.40. The second-order valence-corrected chi connectivity index (χ2v) is 12.7.